The van der Waals surface area contributed by atoms with Gasteiger partial charge in [-0.05, 0) is 43.7 Å². The highest BCUT2D eigenvalue weighted by atomic mass is 79.9. The normalized spacial score (nSPS) is 19.9. The summed E-state index contributed by atoms with van der Waals surface area (Å²) in [4.78, 5) is 2.58. The fourth-order valence-corrected chi connectivity index (χ4v) is 3.03. The molecule has 1 saturated heterocycles. The van der Waals surface area contributed by atoms with Gasteiger partial charge < -0.3 is 10.1 Å². The molecule has 0 bridgehead atoms. The highest BCUT2D eigenvalue weighted by Gasteiger charge is 2.21. The maximum absolute atomic E-state index is 5.85. The third-order valence-electron chi connectivity index (χ3n) is 3.97. The van der Waals surface area contributed by atoms with Crippen molar-refractivity contribution < 1.29 is 4.74 Å². The van der Waals surface area contributed by atoms with Gasteiger partial charge in [-0.1, -0.05) is 36.2 Å². The van der Waals surface area contributed by atoms with Crippen molar-refractivity contribution in [2.24, 2.45) is 0 Å². The summed E-state index contributed by atoms with van der Waals surface area (Å²) in [5.74, 6) is 0.951. The summed E-state index contributed by atoms with van der Waals surface area (Å²) in [5, 5.41) is 3.57. The van der Waals surface area contributed by atoms with Crippen LogP contribution in [0.1, 0.15) is 33.1 Å². The van der Waals surface area contributed by atoms with Crippen molar-refractivity contribution in [3.8, 4) is 5.75 Å². The lowest BCUT2D eigenvalue weighted by Gasteiger charge is -2.36. The summed E-state index contributed by atoms with van der Waals surface area (Å²) >= 11 is 3.44. The molecule has 1 atom stereocenters. The predicted octanol–water partition coefficient (Wildman–Crippen LogP) is 3.68. The first-order valence-corrected chi connectivity index (χ1v) is 8.80. The van der Waals surface area contributed by atoms with E-state index in [0.717, 1.165) is 29.9 Å². The quantitative estimate of drug-likeness (QED) is 0.808. The van der Waals surface area contributed by atoms with E-state index in [9.17, 15) is 0 Å². The van der Waals surface area contributed by atoms with Crippen LogP contribution in [0, 0.1) is 0 Å². The fraction of sp³-hybridized carbons (Fsp3) is 0.647. The smallest absolute Gasteiger partial charge is 0.119 e. The number of hydrogen-bond acceptors (Lipinski definition) is 3. The highest BCUT2D eigenvalue weighted by Crippen LogP contribution is 2.18. The number of piperidine rings is 1. The summed E-state index contributed by atoms with van der Waals surface area (Å²) in [6.07, 6.45) is 3.98. The molecule has 1 aromatic carbocycles. The molecule has 1 heterocycles. The van der Waals surface area contributed by atoms with Gasteiger partial charge in [-0.2, -0.15) is 0 Å². The molecular weight excluding hydrogens is 328 g/mol. The van der Waals surface area contributed by atoms with Crippen LogP contribution in [-0.4, -0.2) is 43.2 Å². The molecule has 3 nitrogen and oxygen atoms in total. The van der Waals surface area contributed by atoms with Crippen molar-refractivity contribution >= 4 is 15.9 Å². The Morgan fingerprint density at radius 2 is 2.05 bits per heavy atom. The second-order valence-corrected chi connectivity index (χ2v) is 6.97. The average molecular weight is 355 g/mol. The molecule has 0 radical (unpaired) electrons. The number of nitrogens with zero attached hydrogens (tertiary/aromatic N) is 1. The molecule has 2 rings (SSSR count). The third-order valence-corrected chi connectivity index (χ3v) is 4.50. The molecule has 0 saturated carbocycles. The van der Waals surface area contributed by atoms with Gasteiger partial charge in [0.15, 0.2) is 0 Å². The molecule has 118 valence electrons. The van der Waals surface area contributed by atoms with Crippen LogP contribution in [0.25, 0.3) is 0 Å². The summed E-state index contributed by atoms with van der Waals surface area (Å²) in [6.45, 7) is 8.50. The van der Waals surface area contributed by atoms with Gasteiger partial charge in [0.1, 0.15) is 12.4 Å². The fourth-order valence-electron chi connectivity index (χ4n) is 2.77. The molecule has 0 aliphatic carbocycles. The third kappa shape index (κ3) is 5.97. The maximum atomic E-state index is 5.85. The molecule has 1 aliphatic heterocycles. The Morgan fingerprint density at radius 1 is 1.29 bits per heavy atom. The van der Waals surface area contributed by atoms with Gasteiger partial charge in [-0.25, -0.2) is 0 Å². The van der Waals surface area contributed by atoms with E-state index in [2.05, 4.69) is 40.0 Å². The van der Waals surface area contributed by atoms with Crippen molar-refractivity contribution in [3.05, 3.63) is 28.7 Å². The number of nitrogens with one attached hydrogen (secondary N) is 1. The SMILES string of the molecule is CC(C)NCC1CCCCN1CCOc1ccc(Br)cc1. The van der Waals surface area contributed by atoms with Gasteiger partial charge in [-0.15, -0.1) is 0 Å². The van der Waals surface area contributed by atoms with Crippen LogP contribution in [0.4, 0.5) is 0 Å². The summed E-state index contributed by atoms with van der Waals surface area (Å²) < 4.78 is 6.94. The second kappa shape index (κ2) is 8.76. The first-order chi connectivity index (χ1) is 10.1. The lowest BCUT2D eigenvalue weighted by Crippen LogP contribution is -2.48. The van der Waals surface area contributed by atoms with E-state index in [-0.39, 0.29) is 0 Å². The Hall–Kier alpha value is -0.580. The number of halogens is 1. The summed E-state index contributed by atoms with van der Waals surface area (Å²) in [7, 11) is 0. The number of likely N-dealkylation sites (tertiary alicyclic amines) is 1. The van der Waals surface area contributed by atoms with Crippen LogP contribution in [-0.2, 0) is 0 Å². The zero-order valence-corrected chi connectivity index (χ0v) is 14.7. The Bertz CT molecular complexity index is 408. The molecule has 1 unspecified atom stereocenters. The Labute approximate surface area is 137 Å². The van der Waals surface area contributed by atoms with Crippen LogP contribution in [0.15, 0.2) is 28.7 Å². The molecule has 1 N–H and O–H groups in total. The van der Waals surface area contributed by atoms with E-state index in [1.807, 2.05) is 24.3 Å². The minimum absolute atomic E-state index is 0.563. The zero-order chi connectivity index (χ0) is 15.1. The van der Waals surface area contributed by atoms with E-state index in [0.29, 0.717) is 12.1 Å². The van der Waals surface area contributed by atoms with Gasteiger partial charge in [0.2, 0.25) is 0 Å². The van der Waals surface area contributed by atoms with Gasteiger partial charge >= 0.3 is 0 Å². The Balaban J connectivity index is 1.75. The van der Waals surface area contributed by atoms with Crippen molar-refractivity contribution in [1.82, 2.24) is 10.2 Å². The van der Waals surface area contributed by atoms with Crippen LogP contribution in [0.5, 0.6) is 5.75 Å². The molecule has 0 amide bonds. The van der Waals surface area contributed by atoms with Crippen LogP contribution < -0.4 is 10.1 Å². The molecule has 4 heteroatoms. The van der Waals surface area contributed by atoms with Crippen molar-refractivity contribution in [2.75, 3.05) is 26.2 Å². The number of benzene rings is 1. The van der Waals surface area contributed by atoms with Crippen LogP contribution >= 0.6 is 15.9 Å². The second-order valence-electron chi connectivity index (χ2n) is 6.05. The highest BCUT2D eigenvalue weighted by molar-refractivity contribution is 9.10. The summed E-state index contributed by atoms with van der Waals surface area (Å²) in [5.41, 5.74) is 0. The Morgan fingerprint density at radius 3 is 2.76 bits per heavy atom. The van der Waals surface area contributed by atoms with E-state index in [1.165, 1.54) is 25.8 Å². The van der Waals surface area contributed by atoms with Crippen LogP contribution in [0.3, 0.4) is 0 Å². The standard InChI is InChI=1S/C17H27BrN2O/c1-14(2)19-13-16-5-3-4-10-20(16)11-12-21-17-8-6-15(18)7-9-17/h6-9,14,16,19H,3-5,10-13H2,1-2H3. The Kier molecular flexibility index (Phi) is 7.00. The van der Waals surface area contributed by atoms with Gasteiger partial charge in [0.25, 0.3) is 0 Å². The number of hydrogen-bond donors (Lipinski definition) is 1. The van der Waals surface area contributed by atoms with Crippen molar-refractivity contribution in [1.29, 1.82) is 0 Å². The lowest BCUT2D eigenvalue weighted by molar-refractivity contribution is 0.120. The van der Waals surface area contributed by atoms with Gasteiger partial charge in [0.05, 0.1) is 0 Å². The molecule has 0 aromatic heterocycles. The van der Waals surface area contributed by atoms with E-state index in [1.54, 1.807) is 0 Å². The van der Waals surface area contributed by atoms with Gasteiger partial charge in [-0.3, -0.25) is 4.90 Å². The summed E-state index contributed by atoms with van der Waals surface area (Å²) in [6, 6.07) is 9.29. The van der Waals surface area contributed by atoms with Gasteiger partial charge in [0, 0.05) is 29.6 Å². The number of rotatable bonds is 7. The predicted molar refractivity (Wildman–Crippen MR) is 92.0 cm³/mol. The van der Waals surface area contributed by atoms with Crippen LogP contribution in [0.2, 0.25) is 0 Å². The molecular formula is C17H27BrN2O. The first-order valence-electron chi connectivity index (χ1n) is 8.01. The van der Waals surface area contributed by atoms with E-state index in [4.69, 9.17) is 4.74 Å². The minimum Gasteiger partial charge on any atom is -0.492 e. The van der Waals surface area contributed by atoms with Crippen molar-refractivity contribution in [3.63, 3.8) is 0 Å². The zero-order valence-electron chi connectivity index (χ0n) is 13.1. The molecule has 0 spiro atoms. The first kappa shape index (κ1) is 16.8. The monoisotopic (exact) mass is 354 g/mol. The maximum Gasteiger partial charge on any atom is 0.119 e. The molecule has 21 heavy (non-hydrogen) atoms. The van der Waals surface area contributed by atoms with E-state index < -0.39 is 0 Å². The number of ether oxygens (including phenoxy) is 1. The average Bonchev–Trinajstić information content (AvgIpc) is 2.48. The molecule has 1 fully saturated rings. The topological polar surface area (TPSA) is 24.5 Å². The van der Waals surface area contributed by atoms with Crippen molar-refractivity contribution in [2.45, 2.75) is 45.2 Å². The lowest BCUT2D eigenvalue weighted by atomic mass is 10.0. The largest absolute Gasteiger partial charge is 0.492 e. The van der Waals surface area contributed by atoms with E-state index >= 15 is 0 Å². The minimum atomic E-state index is 0.563. The molecule has 1 aromatic rings. The molecule has 1 aliphatic rings.